The van der Waals surface area contributed by atoms with Gasteiger partial charge in [-0.3, -0.25) is 4.79 Å². The highest BCUT2D eigenvalue weighted by atomic mass is 35.5. The molecule has 0 spiro atoms. The number of carbonyl (C=O) groups excluding carboxylic acids is 2. The topological polar surface area (TPSA) is 48.3 Å². The summed E-state index contributed by atoms with van der Waals surface area (Å²) < 4.78 is 6.54. The van der Waals surface area contributed by atoms with Crippen LogP contribution >= 0.6 is 11.6 Å². The second kappa shape index (κ2) is 4.82. The molecule has 0 fully saturated rings. The molecule has 1 aromatic carbocycles. The van der Waals surface area contributed by atoms with Gasteiger partial charge < -0.3 is 9.30 Å². The molecule has 5 heteroatoms. The minimum absolute atomic E-state index is 0.179. The molecule has 0 aliphatic heterocycles. The van der Waals surface area contributed by atoms with E-state index in [0.29, 0.717) is 5.02 Å². The van der Waals surface area contributed by atoms with Crippen LogP contribution in [-0.2, 0) is 16.6 Å². The summed E-state index contributed by atoms with van der Waals surface area (Å²) in [6.45, 7) is 1.83. The van der Waals surface area contributed by atoms with Gasteiger partial charge in [-0.1, -0.05) is 11.6 Å². The molecule has 2 aromatic rings. The zero-order valence-electron chi connectivity index (χ0n) is 10.1. The number of fused-ring (bicyclic) bond motifs is 1. The standard InChI is InChI=1S/C13H12ClNO3/c1-3-18-13(17)12(16)8-4-5-11-9(6-8)10(14)7-15(11)2/h4-7H,3H2,1-2H3. The first-order valence-corrected chi connectivity index (χ1v) is 5.88. The fraction of sp³-hybridized carbons (Fsp3) is 0.231. The lowest BCUT2D eigenvalue weighted by atomic mass is 10.1. The summed E-state index contributed by atoms with van der Waals surface area (Å²) in [6.07, 6.45) is 1.75. The number of benzene rings is 1. The Labute approximate surface area is 109 Å². The number of ketones is 1. The van der Waals surface area contributed by atoms with Crippen LogP contribution in [0.2, 0.25) is 5.02 Å². The van der Waals surface area contributed by atoms with E-state index in [1.807, 2.05) is 11.6 Å². The Balaban J connectivity index is 2.44. The molecule has 1 heterocycles. The maximum atomic E-state index is 11.8. The normalized spacial score (nSPS) is 10.6. The van der Waals surface area contributed by atoms with E-state index in [2.05, 4.69) is 4.74 Å². The first-order valence-electron chi connectivity index (χ1n) is 5.50. The summed E-state index contributed by atoms with van der Waals surface area (Å²) in [4.78, 5) is 23.1. The Morgan fingerprint density at radius 3 is 2.78 bits per heavy atom. The molecular formula is C13H12ClNO3. The fourth-order valence-electron chi connectivity index (χ4n) is 1.80. The lowest BCUT2D eigenvalue weighted by molar-refractivity contribution is -0.137. The van der Waals surface area contributed by atoms with Crippen LogP contribution in [0.15, 0.2) is 24.4 Å². The lowest BCUT2D eigenvalue weighted by Crippen LogP contribution is -2.17. The number of esters is 1. The van der Waals surface area contributed by atoms with Crippen molar-refractivity contribution >= 4 is 34.3 Å². The van der Waals surface area contributed by atoms with Gasteiger partial charge in [-0.05, 0) is 25.1 Å². The summed E-state index contributed by atoms with van der Waals surface area (Å²) in [5.41, 5.74) is 1.19. The average Bonchev–Trinajstić information content (AvgIpc) is 2.64. The van der Waals surface area contributed by atoms with Gasteiger partial charge in [0.1, 0.15) is 0 Å². The predicted octanol–water partition coefficient (Wildman–Crippen LogP) is 2.58. The first-order chi connectivity index (χ1) is 8.54. The Bertz CT molecular complexity index is 630. The second-order valence-electron chi connectivity index (χ2n) is 3.87. The number of rotatable bonds is 3. The van der Waals surface area contributed by atoms with Gasteiger partial charge in [0, 0.05) is 29.7 Å². The van der Waals surface area contributed by atoms with Crippen molar-refractivity contribution in [2.45, 2.75) is 6.92 Å². The predicted molar refractivity (Wildman–Crippen MR) is 68.9 cm³/mol. The molecule has 4 nitrogen and oxygen atoms in total. The van der Waals surface area contributed by atoms with E-state index in [1.54, 1.807) is 31.3 Å². The molecule has 0 atom stereocenters. The summed E-state index contributed by atoms with van der Waals surface area (Å²) in [6, 6.07) is 4.96. The van der Waals surface area contributed by atoms with Crippen molar-refractivity contribution in [3.8, 4) is 0 Å². The molecule has 0 amide bonds. The molecule has 0 N–H and O–H groups in total. The third kappa shape index (κ3) is 2.11. The molecular weight excluding hydrogens is 254 g/mol. The highest BCUT2D eigenvalue weighted by molar-refractivity contribution is 6.41. The average molecular weight is 266 g/mol. The number of aryl methyl sites for hydroxylation is 1. The SMILES string of the molecule is CCOC(=O)C(=O)c1ccc2c(c1)c(Cl)cn2C. The zero-order chi connectivity index (χ0) is 13.3. The Morgan fingerprint density at radius 2 is 2.11 bits per heavy atom. The summed E-state index contributed by atoms with van der Waals surface area (Å²) in [5.74, 6) is -1.50. The number of halogens is 1. The Hall–Kier alpha value is -1.81. The van der Waals surface area contributed by atoms with Crippen LogP contribution in [0.4, 0.5) is 0 Å². The molecule has 0 radical (unpaired) electrons. The maximum Gasteiger partial charge on any atom is 0.379 e. The van der Waals surface area contributed by atoms with Crippen molar-refractivity contribution in [1.29, 1.82) is 0 Å². The lowest BCUT2D eigenvalue weighted by Gasteiger charge is -2.02. The first kappa shape index (κ1) is 12.6. The van der Waals surface area contributed by atoms with E-state index in [-0.39, 0.29) is 12.2 Å². The van der Waals surface area contributed by atoms with Gasteiger partial charge in [0.15, 0.2) is 0 Å². The number of aromatic nitrogens is 1. The fourth-order valence-corrected chi connectivity index (χ4v) is 2.10. The van der Waals surface area contributed by atoms with Crippen LogP contribution in [0, 0.1) is 0 Å². The van der Waals surface area contributed by atoms with Gasteiger partial charge in [0.2, 0.25) is 0 Å². The highest BCUT2D eigenvalue weighted by Gasteiger charge is 2.18. The largest absolute Gasteiger partial charge is 0.460 e. The van der Waals surface area contributed by atoms with E-state index >= 15 is 0 Å². The molecule has 0 aliphatic carbocycles. The number of hydrogen-bond donors (Lipinski definition) is 0. The molecule has 94 valence electrons. The van der Waals surface area contributed by atoms with Crippen LogP contribution in [0.5, 0.6) is 0 Å². The third-order valence-corrected chi connectivity index (χ3v) is 2.97. The van der Waals surface area contributed by atoms with Crippen molar-refractivity contribution in [2.75, 3.05) is 6.61 Å². The minimum Gasteiger partial charge on any atom is -0.460 e. The van der Waals surface area contributed by atoms with Crippen molar-refractivity contribution in [2.24, 2.45) is 7.05 Å². The van der Waals surface area contributed by atoms with Crippen LogP contribution in [0.1, 0.15) is 17.3 Å². The number of ether oxygens (including phenoxy) is 1. The second-order valence-corrected chi connectivity index (χ2v) is 4.28. The van der Waals surface area contributed by atoms with E-state index in [9.17, 15) is 9.59 Å². The van der Waals surface area contributed by atoms with E-state index in [0.717, 1.165) is 10.9 Å². The maximum absolute atomic E-state index is 11.8. The summed E-state index contributed by atoms with van der Waals surface area (Å²) >= 11 is 6.05. The van der Waals surface area contributed by atoms with Gasteiger partial charge in [-0.25, -0.2) is 4.79 Å². The number of nitrogens with zero attached hydrogens (tertiary/aromatic N) is 1. The van der Waals surface area contributed by atoms with E-state index < -0.39 is 11.8 Å². The van der Waals surface area contributed by atoms with Crippen LogP contribution in [-0.4, -0.2) is 22.9 Å². The summed E-state index contributed by atoms with van der Waals surface area (Å²) in [7, 11) is 1.86. The number of Topliss-reactive ketones (excluding diaryl/α,β-unsaturated/α-hetero) is 1. The third-order valence-electron chi connectivity index (χ3n) is 2.66. The minimum atomic E-state index is -0.844. The van der Waals surface area contributed by atoms with Crippen molar-refractivity contribution < 1.29 is 14.3 Å². The molecule has 0 saturated carbocycles. The summed E-state index contributed by atoms with van der Waals surface area (Å²) in [5, 5.41) is 1.29. The smallest absolute Gasteiger partial charge is 0.379 e. The van der Waals surface area contributed by atoms with Crippen molar-refractivity contribution in [1.82, 2.24) is 4.57 Å². The van der Waals surface area contributed by atoms with Gasteiger partial charge in [0.05, 0.1) is 11.6 Å². The monoisotopic (exact) mass is 265 g/mol. The zero-order valence-corrected chi connectivity index (χ0v) is 10.8. The number of hydrogen-bond acceptors (Lipinski definition) is 3. The van der Waals surface area contributed by atoms with Crippen molar-refractivity contribution in [3.05, 3.63) is 35.0 Å². The van der Waals surface area contributed by atoms with Gasteiger partial charge >= 0.3 is 5.97 Å². The molecule has 2 rings (SSSR count). The molecule has 0 unspecified atom stereocenters. The molecule has 0 bridgehead atoms. The highest BCUT2D eigenvalue weighted by Crippen LogP contribution is 2.26. The van der Waals surface area contributed by atoms with Crippen LogP contribution in [0.3, 0.4) is 0 Å². The van der Waals surface area contributed by atoms with Gasteiger partial charge in [-0.2, -0.15) is 0 Å². The quantitative estimate of drug-likeness (QED) is 0.487. The van der Waals surface area contributed by atoms with Crippen LogP contribution in [0.25, 0.3) is 10.9 Å². The molecule has 0 aliphatic rings. The van der Waals surface area contributed by atoms with Gasteiger partial charge in [0.25, 0.3) is 5.78 Å². The van der Waals surface area contributed by atoms with E-state index in [1.165, 1.54) is 0 Å². The molecule has 18 heavy (non-hydrogen) atoms. The van der Waals surface area contributed by atoms with Crippen molar-refractivity contribution in [3.63, 3.8) is 0 Å². The Morgan fingerprint density at radius 1 is 1.39 bits per heavy atom. The van der Waals surface area contributed by atoms with E-state index in [4.69, 9.17) is 11.6 Å². The Kier molecular flexibility index (Phi) is 3.39. The van der Waals surface area contributed by atoms with Gasteiger partial charge in [-0.15, -0.1) is 0 Å². The number of carbonyl (C=O) groups is 2. The molecule has 1 aromatic heterocycles. The van der Waals surface area contributed by atoms with Crippen LogP contribution < -0.4 is 0 Å². The molecule has 0 saturated heterocycles.